The number of benzene rings is 3. The number of phenols is 1. The largest absolute Gasteiger partial charge is 0.507 e. The zero-order valence-electron chi connectivity index (χ0n) is 25.7. The first kappa shape index (κ1) is 28.2. The predicted octanol–water partition coefficient (Wildman–Crippen LogP) is 9.49. The third kappa shape index (κ3) is 5.27. The average molecular weight is 592 g/mol. The summed E-state index contributed by atoms with van der Waals surface area (Å²) < 4.78 is 6.46. The number of phenolic OH excluding ortho intramolecular Hbond substituents is 1. The van der Waals surface area contributed by atoms with Gasteiger partial charge in [-0.3, -0.25) is 9.88 Å². The summed E-state index contributed by atoms with van der Waals surface area (Å²) in [4.78, 5) is 21.6. The first-order chi connectivity index (χ1) is 21.9. The minimum absolute atomic E-state index is 0.119. The van der Waals surface area contributed by atoms with Crippen LogP contribution in [0.1, 0.15) is 30.7 Å². The van der Waals surface area contributed by atoms with Gasteiger partial charge in [0, 0.05) is 29.0 Å². The van der Waals surface area contributed by atoms with Gasteiger partial charge in [-0.05, 0) is 98.0 Å². The van der Waals surface area contributed by atoms with Crippen molar-refractivity contribution in [2.45, 2.75) is 34.1 Å². The highest BCUT2D eigenvalue weighted by molar-refractivity contribution is 6.07. The minimum Gasteiger partial charge on any atom is -0.507 e. The van der Waals surface area contributed by atoms with Gasteiger partial charge in [0.1, 0.15) is 28.4 Å². The standard InChI is InChI=1S/C38H33N5O2/c1-23(2)19-26-20-27(22-28(21-26)43(33-15-9-10-17-40-33)36-24(3)16-18-39-25(36)4)34-37-35(30-12-6-8-14-32(30)45-37)42-38(41-34)29-11-5-7-13-31(29)44/h5-18,20-23,44H,19H2,1-4H3. The molecule has 0 saturated carbocycles. The second kappa shape index (κ2) is 11.5. The Bertz CT molecular complexity index is 2150. The molecule has 7 aromatic rings. The van der Waals surface area contributed by atoms with E-state index in [9.17, 15) is 5.11 Å². The van der Waals surface area contributed by atoms with Crippen molar-refractivity contribution in [3.63, 3.8) is 0 Å². The highest BCUT2D eigenvalue weighted by Crippen LogP contribution is 2.42. The molecule has 3 aromatic carbocycles. The summed E-state index contributed by atoms with van der Waals surface area (Å²) >= 11 is 0. The Balaban J connectivity index is 1.54. The number of anilines is 3. The molecule has 0 atom stereocenters. The van der Waals surface area contributed by atoms with E-state index in [0.717, 1.165) is 57.0 Å². The second-order valence-electron chi connectivity index (χ2n) is 11.8. The van der Waals surface area contributed by atoms with Gasteiger partial charge in [-0.15, -0.1) is 0 Å². The van der Waals surface area contributed by atoms with Crippen LogP contribution in [0.3, 0.4) is 0 Å². The van der Waals surface area contributed by atoms with Gasteiger partial charge in [0.15, 0.2) is 11.4 Å². The van der Waals surface area contributed by atoms with Crippen LogP contribution in [0, 0.1) is 19.8 Å². The van der Waals surface area contributed by atoms with Crippen molar-refractivity contribution in [2.24, 2.45) is 5.92 Å². The van der Waals surface area contributed by atoms with Crippen molar-refractivity contribution in [1.82, 2.24) is 19.9 Å². The molecule has 4 aromatic heterocycles. The fourth-order valence-corrected chi connectivity index (χ4v) is 5.99. The molecule has 0 bridgehead atoms. The smallest absolute Gasteiger partial charge is 0.180 e. The number of fused-ring (bicyclic) bond motifs is 3. The van der Waals surface area contributed by atoms with Gasteiger partial charge in [0.25, 0.3) is 0 Å². The first-order valence-electron chi connectivity index (χ1n) is 15.1. The lowest BCUT2D eigenvalue weighted by Crippen LogP contribution is -2.15. The van der Waals surface area contributed by atoms with Crippen LogP contribution in [-0.2, 0) is 6.42 Å². The number of pyridine rings is 2. The Labute approximate surface area is 261 Å². The van der Waals surface area contributed by atoms with E-state index in [-0.39, 0.29) is 5.75 Å². The van der Waals surface area contributed by atoms with Gasteiger partial charge < -0.3 is 9.52 Å². The third-order valence-corrected chi connectivity index (χ3v) is 7.93. The summed E-state index contributed by atoms with van der Waals surface area (Å²) in [5, 5.41) is 11.7. The lowest BCUT2D eigenvalue weighted by molar-refractivity contribution is 0.477. The molecule has 222 valence electrons. The normalized spacial score (nSPS) is 11.5. The Morgan fingerprint density at radius 3 is 2.40 bits per heavy atom. The monoisotopic (exact) mass is 591 g/mol. The molecule has 7 heteroatoms. The van der Waals surface area contributed by atoms with Crippen molar-refractivity contribution in [1.29, 1.82) is 0 Å². The molecule has 0 fully saturated rings. The predicted molar refractivity (Wildman–Crippen MR) is 180 cm³/mol. The van der Waals surface area contributed by atoms with Gasteiger partial charge in [-0.1, -0.05) is 44.2 Å². The van der Waals surface area contributed by atoms with E-state index in [1.165, 1.54) is 0 Å². The van der Waals surface area contributed by atoms with Crippen molar-refractivity contribution in [2.75, 3.05) is 4.90 Å². The summed E-state index contributed by atoms with van der Waals surface area (Å²) in [6.07, 6.45) is 4.51. The molecule has 0 aliphatic carbocycles. The highest BCUT2D eigenvalue weighted by Gasteiger charge is 2.23. The molecule has 0 amide bonds. The molecule has 7 nitrogen and oxygen atoms in total. The Morgan fingerprint density at radius 1 is 0.822 bits per heavy atom. The Kier molecular flexibility index (Phi) is 7.22. The molecular weight excluding hydrogens is 558 g/mol. The number of rotatable bonds is 7. The molecule has 4 heterocycles. The van der Waals surface area contributed by atoms with Gasteiger partial charge in [0.2, 0.25) is 0 Å². The highest BCUT2D eigenvalue weighted by atomic mass is 16.3. The number of hydrogen-bond donors (Lipinski definition) is 1. The molecule has 7 rings (SSSR count). The summed E-state index contributed by atoms with van der Waals surface area (Å²) in [5.41, 5.74) is 9.19. The number of aryl methyl sites for hydroxylation is 2. The molecule has 0 spiro atoms. The van der Waals surface area contributed by atoms with Gasteiger partial charge in [-0.2, -0.15) is 0 Å². The fourth-order valence-electron chi connectivity index (χ4n) is 5.99. The summed E-state index contributed by atoms with van der Waals surface area (Å²) in [6, 6.07) is 29.5. The lowest BCUT2D eigenvalue weighted by Gasteiger charge is -2.28. The molecule has 0 aliphatic heterocycles. The van der Waals surface area contributed by atoms with E-state index in [2.05, 4.69) is 48.9 Å². The van der Waals surface area contributed by atoms with E-state index < -0.39 is 0 Å². The lowest BCUT2D eigenvalue weighted by atomic mass is 9.97. The number of nitrogens with zero attached hydrogens (tertiary/aromatic N) is 5. The van der Waals surface area contributed by atoms with Crippen LogP contribution in [-0.4, -0.2) is 25.0 Å². The van der Waals surface area contributed by atoms with Gasteiger partial charge in [0.05, 0.1) is 16.9 Å². The Morgan fingerprint density at radius 2 is 1.62 bits per heavy atom. The zero-order valence-corrected chi connectivity index (χ0v) is 25.7. The van der Waals surface area contributed by atoms with Gasteiger partial charge in [-0.25, -0.2) is 15.0 Å². The van der Waals surface area contributed by atoms with Crippen molar-refractivity contribution in [3.05, 3.63) is 120 Å². The van der Waals surface area contributed by atoms with Crippen LogP contribution in [0.25, 0.3) is 44.7 Å². The maximum absolute atomic E-state index is 10.8. The van der Waals surface area contributed by atoms with Crippen LogP contribution in [0.15, 0.2) is 108 Å². The van der Waals surface area contributed by atoms with E-state index in [1.807, 2.05) is 80.0 Å². The molecule has 0 aliphatic rings. The number of aromatic nitrogens is 4. The topological polar surface area (TPSA) is 88.2 Å². The quantitative estimate of drug-likeness (QED) is 0.197. The van der Waals surface area contributed by atoms with Crippen molar-refractivity contribution in [3.8, 4) is 28.4 Å². The van der Waals surface area contributed by atoms with Crippen LogP contribution in [0.4, 0.5) is 17.2 Å². The molecule has 0 unspecified atom stereocenters. The zero-order chi connectivity index (χ0) is 31.1. The first-order valence-corrected chi connectivity index (χ1v) is 15.1. The summed E-state index contributed by atoms with van der Waals surface area (Å²) in [7, 11) is 0. The van der Waals surface area contributed by atoms with Crippen molar-refractivity contribution < 1.29 is 9.52 Å². The van der Waals surface area contributed by atoms with E-state index >= 15 is 0 Å². The van der Waals surface area contributed by atoms with Crippen LogP contribution >= 0.6 is 0 Å². The minimum atomic E-state index is 0.119. The molecule has 0 saturated heterocycles. The van der Waals surface area contributed by atoms with E-state index in [1.54, 1.807) is 12.1 Å². The van der Waals surface area contributed by atoms with Crippen molar-refractivity contribution >= 4 is 39.3 Å². The van der Waals surface area contributed by atoms with E-state index in [4.69, 9.17) is 19.4 Å². The Hall–Kier alpha value is -5.56. The van der Waals surface area contributed by atoms with Crippen LogP contribution in [0.2, 0.25) is 0 Å². The molecule has 45 heavy (non-hydrogen) atoms. The number of aromatic hydroxyl groups is 1. The fraction of sp³-hybridized carbons (Fsp3) is 0.158. The SMILES string of the molecule is Cc1ccnc(C)c1N(c1cc(CC(C)C)cc(-c2nc(-c3ccccc3O)nc3c2oc2ccccc23)c1)c1ccccn1. The van der Waals surface area contributed by atoms with Crippen LogP contribution < -0.4 is 4.90 Å². The summed E-state index contributed by atoms with van der Waals surface area (Å²) in [6.45, 7) is 8.56. The number of furan rings is 1. The molecular formula is C38H33N5O2. The summed E-state index contributed by atoms with van der Waals surface area (Å²) in [5.74, 6) is 1.76. The average Bonchev–Trinajstić information content (AvgIpc) is 3.41. The second-order valence-corrected chi connectivity index (χ2v) is 11.8. The number of para-hydroxylation sites is 2. The molecule has 0 radical (unpaired) electrons. The maximum Gasteiger partial charge on any atom is 0.180 e. The maximum atomic E-state index is 10.8. The van der Waals surface area contributed by atoms with Crippen LogP contribution in [0.5, 0.6) is 5.75 Å². The number of hydrogen-bond acceptors (Lipinski definition) is 7. The third-order valence-electron chi connectivity index (χ3n) is 7.93. The van der Waals surface area contributed by atoms with E-state index in [0.29, 0.717) is 34.1 Å². The van der Waals surface area contributed by atoms with Gasteiger partial charge >= 0.3 is 0 Å². The molecule has 1 N–H and O–H groups in total.